The first-order valence-electron chi connectivity index (χ1n) is 14.9. The van der Waals surface area contributed by atoms with Gasteiger partial charge in [-0.3, -0.25) is 4.79 Å². The van der Waals surface area contributed by atoms with Gasteiger partial charge in [0, 0.05) is 31.4 Å². The van der Waals surface area contributed by atoms with Crippen LogP contribution in [0.1, 0.15) is 100 Å². The maximum Gasteiger partial charge on any atom is 0.254 e. The summed E-state index contributed by atoms with van der Waals surface area (Å²) < 4.78 is 5.80. The monoisotopic (exact) mass is 488 g/mol. The zero-order valence-electron chi connectivity index (χ0n) is 22.5. The van der Waals surface area contributed by atoms with Crippen LogP contribution in [-0.4, -0.2) is 30.1 Å². The molecule has 4 fully saturated rings. The number of fused-ring (bicyclic) bond motifs is 6. The average Bonchev–Trinajstić information content (AvgIpc) is 3.43. The largest absolute Gasteiger partial charge is 0.381 e. The zero-order chi connectivity index (χ0) is 25.0. The van der Waals surface area contributed by atoms with Gasteiger partial charge in [0.25, 0.3) is 5.91 Å². The molecule has 0 aromatic heterocycles. The summed E-state index contributed by atoms with van der Waals surface area (Å²) in [7, 11) is 0. The van der Waals surface area contributed by atoms with Crippen LogP contribution in [0.15, 0.2) is 18.2 Å². The van der Waals surface area contributed by atoms with Crippen molar-refractivity contribution in [2.75, 3.05) is 13.2 Å². The Morgan fingerprint density at radius 2 is 1.94 bits per heavy atom. The molecule has 1 aromatic carbocycles. The third-order valence-corrected chi connectivity index (χ3v) is 11.8. The van der Waals surface area contributed by atoms with Crippen LogP contribution in [0.2, 0.25) is 0 Å². The predicted molar refractivity (Wildman–Crippen MR) is 141 cm³/mol. The molecule has 0 radical (unpaired) electrons. The highest BCUT2D eigenvalue weighted by atomic mass is 16.5. The Morgan fingerprint density at radius 3 is 2.75 bits per heavy atom. The minimum atomic E-state index is 0.173. The van der Waals surface area contributed by atoms with E-state index in [1.807, 2.05) is 12.1 Å². The lowest BCUT2D eigenvalue weighted by Gasteiger charge is -2.57. The molecular formula is C32H44N2O2. The summed E-state index contributed by atoms with van der Waals surface area (Å²) in [5.74, 6) is 6.09. The number of ether oxygens (including phenoxy) is 1. The molecule has 4 nitrogen and oxygen atoms in total. The number of benzene rings is 1. The molecule has 3 unspecified atom stereocenters. The molecule has 36 heavy (non-hydrogen) atoms. The summed E-state index contributed by atoms with van der Waals surface area (Å²) in [5, 5.41) is 9.31. The van der Waals surface area contributed by atoms with Gasteiger partial charge in [0.2, 0.25) is 0 Å². The summed E-state index contributed by atoms with van der Waals surface area (Å²) in [6, 6.07) is 8.08. The van der Waals surface area contributed by atoms with Gasteiger partial charge in [-0.1, -0.05) is 6.92 Å². The van der Waals surface area contributed by atoms with E-state index in [0.717, 1.165) is 59.8 Å². The van der Waals surface area contributed by atoms with E-state index in [1.165, 1.54) is 57.8 Å². The van der Waals surface area contributed by atoms with Crippen molar-refractivity contribution in [2.24, 2.45) is 46.8 Å². The highest BCUT2D eigenvalue weighted by Gasteiger charge is 2.58. The van der Waals surface area contributed by atoms with Gasteiger partial charge < -0.3 is 9.64 Å². The fourth-order valence-corrected chi connectivity index (χ4v) is 10.2. The minimum absolute atomic E-state index is 0.173. The number of hydrogen-bond acceptors (Lipinski definition) is 3. The van der Waals surface area contributed by atoms with Gasteiger partial charge >= 0.3 is 0 Å². The van der Waals surface area contributed by atoms with E-state index >= 15 is 0 Å². The molecule has 0 N–H and O–H groups in total. The lowest BCUT2D eigenvalue weighted by atomic mass is 9.49. The molecule has 4 heteroatoms. The molecular weight excluding hydrogens is 444 g/mol. The average molecular weight is 489 g/mol. The van der Waals surface area contributed by atoms with Crippen molar-refractivity contribution < 1.29 is 9.53 Å². The number of carbonyl (C=O) groups excluding carboxylic acids is 1. The summed E-state index contributed by atoms with van der Waals surface area (Å²) in [4.78, 5) is 15.5. The van der Waals surface area contributed by atoms with Gasteiger partial charge in [0.1, 0.15) is 0 Å². The van der Waals surface area contributed by atoms with Crippen LogP contribution in [-0.2, 0) is 11.3 Å². The van der Waals surface area contributed by atoms with Gasteiger partial charge in [-0.15, -0.1) is 0 Å². The van der Waals surface area contributed by atoms with E-state index in [2.05, 4.69) is 31.7 Å². The molecule has 0 bridgehead atoms. The first kappa shape index (κ1) is 24.5. The van der Waals surface area contributed by atoms with Gasteiger partial charge in [0.05, 0.1) is 11.6 Å². The predicted octanol–water partition coefficient (Wildman–Crippen LogP) is 6.82. The maximum atomic E-state index is 13.4. The smallest absolute Gasteiger partial charge is 0.254 e. The van der Waals surface area contributed by atoms with E-state index in [4.69, 9.17) is 4.74 Å². The highest BCUT2D eigenvalue weighted by Crippen LogP contribution is 2.65. The first-order valence-corrected chi connectivity index (χ1v) is 14.9. The van der Waals surface area contributed by atoms with E-state index in [0.29, 0.717) is 23.4 Å². The van der Waals surface area contributed by atoms with Gasteiger partial charge in [0.15, 0.2) is 0 Å². The molecule has 1 aliphatic heterocycles. The van der Waals surface area contributed by atoms with Crippen molar-refractivity contribution in [1.29, 1.82) is 5.26 Å². The molecule has 6 rings (SSSR count). The van der Waals surface area contributed by atoms with E-state index in [9.17, 15) is 10.1 Å². The summed E-state index contributed by atoms with van der Waals surface area (Å²) in [6.07, 6.45) is 12.4. The van der Waals surface area contributed by atoms with Gasteiger partial charge in [-0.2, -0.15) is 5.26 Å². The number of hydrogen-bond donors (Lipinski definition) is 0. The Balaban J connectivity index is 1.15. The van der Waals surface area contributed by atoms with Crippen LogP contribution in [0, 0.1) is 58.2 Å². The fourth-order valence-electron chi connectivity index (χ4n) is 10.2. The zero-order valence-corrected chi connectivity index (χ0v) is 22.5. The molecule has 5 aliphatic rings. The maximum absolute atomic E-state index is 13.4. The second kappa shape index (κ2) is 9.46. The van der Waals surface area contributed by atoms with Crippen molar-refractivity contribution in [2.45, 2.75) is 91.1 Å². The fraction of sp³-hybridized carbons (Fsp3) is 0.750. The quantitative estimate of drug-likeness (QED) is 0.457. The Morgan fingerprint density at radius 1 is 1.11 bits per heavy atom. The first-order chi connectivity index (χ1) is 17.4. The molecule has 9 atom stereocenters. The van der Waals surface area contributed by atoms with Crippen molar-refractivity contribution in [3.8, 4) is 6.07 Å². The van der Waals surface area contributed by atoms with Crippen LogP contribution in [0.4, 0.5) is 0 Å². The lowest BCUT2D eigenvalue weighted by molar-refractivity contribution is -0.0794. The second-order valence-corrected chi connectivity index (χ2v) is 13.2. The molecule has 0 spiro atoms. The van der Waals surface area contributed by atoms with Crippen molar-refractivity contribution in [3.05, 3.63) is 34.9 Å². The molecule has 1 aromatic rings. The van der Waals surface area contributed by atoms with E-state index in [1.54, 1.807) is 6.07 Å². The Kier molecular flexibility index (Phi) is 6.43. The second-order valence-electron chi connectivity index (χ2n) is 13.2. The molecule has 1 amide bonds. The summed E-state index contributed by atoms with van der Waals surface area (Å²) in [5.41, 5.74) is 2.85. The lowest BCUT2D eigenvalue weighted by Crippen LogP contribution is -2.51. The van der Waals surface area contributed by atoms with E-state index in [-0.39, 0.29) is 11.9 Å². The van der Waals surface area contributed by atoms with Gasteiger partial charge in [-0.05, 0) is 142 Å². The number of nitriles is 1. The standard InChI is InChI=1S/C32H44N2O2/c1-4-36-19-22-6-8-25-23(16-22)7-10-28-27(25)13-14-32(3)29(11-12-30(28)32)20(2)34-18-24-15-21(17-33)5-9-26(24)31(34)35/h5,9,15,20,22-23,25,27-30H,4,6-8,10-14,16,18-19H2,1-3H3/t20-,22+,23-,25+,27?,28-,29?,30?,32-/m1/s1. The number of amides is 1. The van der Waals surface area contributed by atoms with Crippen molar-refractivity contribution in [1.82, 2.24) is 4.90 Å². The van der Waals surface area contributed by atoms with Crippen LogP contribution < -0.4 is 0 Å². The summed E-state index contributed by atoms with van der Waals surface area (Å²) >= 11 is 0. The molecule has 4 saturated carbocycles. The van der Waals surface area contributed by atoms with Crippen LogP contribution in [0.3, 0.4) is 0 Å². The molecule has 0 saturated heterocycles. The molecule has 1 heterocycles. The van der Waals surface area contributed by atoms with Crippen LogP contribution in [0.25, 0.3) is 0 Å². The molecule has 194 valence electrons. The van der Waals surface area contributed by atoms with Crippen molar-refractivity contribution >= 4 is 5.91 Å². The number of nitrogens with zero attached hydrogens (tertiary/aromatic N) is 2. The third-order valence-electron chi connectivity index (χ3n) is 11.8. The Bertz CT molecular complexity index is 1050. The number of carbonyl (C=O) groups is 1. The normalized spacial score (nSPS) is 40.1. The number of rotatable bonds is 5. The highest BCUT2D eigenvalue weighted by molar-refractivity contribution is 5.98. The van der Waals surface area contributed by atoms with Crippen LogP contribution in [0.5, 0.6) is 0 Å². The Hall–Kier alpha value is -1.86. The minimum Gasteiger partial charge on any atom is -0.381 e. The summed E-state index contributed by atoms with van der Waals surface area (Å²) in [6.45, 7) is 9.52. The molecule has 4 aliphatic carbocycles. The SMILES string of the molecule is CCOC[C@H]1CC[C@@H]2C3CC[C@@]4(C)C(CCC4[C@@H](C)N4Cc5cc(C#N)ccc5C4=O)[C@@H]3CC[C@@H]2C1. The Labute approximate surface area is 217 Å². The van der Waals surface area contributed by atoms with Crippen LogP contribution >= 0.6 is 0 Å². The third kappa shape index (κ3) is 3.84. The van der Waals surface area contributed by atoms with Crippen molar-refractivity contribution in [3.63, 3.8) is 0 Å². The topological polar surface area (TPSA) is 53.3 Å². The van der Waals surface area contributed by atoms with E-state index < -0.39 is 0 Å². The van der Waals surface area contributed by atoms with Gasteiger partial charge in [-0.25, -0.2) is 0 Å².